The minimum absolute atomic E-state index is 0.610. The Morgan fingerprint density at radius 2 is 2.27 bits per heavy atom. The van der Waals surface area contributed by atoms with Gasteiger partial charge in [0.05, 0.1) is 7.11 Å². The molecule has 0 spiro atoms. The molecule has 2 nitrogen and oxygen atoms in total. The van der Waals surface area contributed by atoms with Crippen LogP contribution in [-0.2, 0) is 4.79 Å². The van der Waals surface area contributed by atoms with Gasteiger partial charge in [-0.15, -0.1) is 0 Å². The highest BCUT2D eigenvalue weighted by molar-refractivity contribution is 5.50. The highest BCUT2D eigenvalue weighted by Gasteiger charge is 2.29. The first-order chi connectivity index (χ1) is 7.33. The number of methoxy groups -OCH3 is 1. The number of rotatable bonds is 4. The molecule has 1 aromatic rings. The third-order valence-electron chi connectivity index (χ3n) is 3.23. The number of aldehydes is 1. The molecule has 1 aliphatic carbocycles. The van der Waals surface area contributed by atoms with Crippen molar-refractivity contribution in [1.82, 2.24) is 0 Å². The van der Waals surface area contributed by atoms with E-state index >= 15 is 0 Å². The molecule has 0 atom stereocenters. The van der Waals surface area contributed by atoms with E-state index in [1.54, 1.807) is 7.11 Å². The number of carbonyl (C=O) groups is 1. The largest absolute Gasteiger partial charge is 0.497 e. The van der Waals surface area contributed by atoms with Crippen molar-refractivity contribution < 1.29 is 9.53 Å². The summed E-state index contributed by atoms with van der Waals surface area (Å²) >= 11 is 0. The molecule has 1 aliphatic rings. The van der Waals surface area contributed by atoms with Gasteiger partial charge in [0, 0.05) is 6.42 Å². The zero-order chi connectivity index (χ0) is 10.7. The van der Waals surface area contributed by atoms with E-state index in [2.05, 4.69) is 12.1 Å². The fourth-order valence-corrected chi connectivity index (χ4v) is 2.23. The second-order valence-corrected chi connectivity index (χ2v) is 4.21. The van der Waals surface area contributed by atoms with Crippen LogP contribution in [0, 0.1) is 5.92 Å². The molecular formula is C13H16O2. The molecule has 0 aliphatic heterocycles. The van der Waals surface area contributed by atoms with Gasteiger partial charge in [-0.25, -0.2) is 0 Å². The maximum atomic E-state index is 10.3. The Hall–Kier alpha value is -1.31. The van der Waals surface area contributed by atoms with Gasteiger partial charge in [-0.1, -0.05) is 12.1 Å². The Bertz CT molecular complexity index is 340. The average Bonchev–Trinajstić information content (AvgIpc) is 2.23. The van der Waals surface area contributed by atoms with Crippen LogP contribution in [-0.4, -0.2) is 13.4 Å². The van der Waals surface area contributed by atoms with Gasteiger partial charge < -0.3 is 9.53 Å². The summed E-state index contributed by atoms with van der Waals surface area (Å²) in [5, 5.41) is 0. The summed E-state index contributed by atoms with van der Waals surface area (Å²) in [6.07, 6.45) is 4.05. The first kappa shape index (κ1) is 10.2. The molecule has 15 heavy (non-hydrogen) atoms. The van der Waals surface area contributed by atoms with Crippen LogP contribution < -0.4 is 4.74 Å². The van der Waals surface area contributed by atoms with Crippen molar-refractivity contribution in [3.05, 3.63) is 29.8 Å². The van der Waals surface area contributed by atoms with Crippen molar-refractivity contribution in [3.63, 3.8) is 0 Å². The van der Waals surface area contributed by atoms with Crippen molar-refractivity contribution in [3.8, 4) is 5.75 Å². The van der Waals surface area contributed by atoms with E-state index in [4.69, 9.17) is 4.74 Å². The van der Waals surface area contributed by atoms with Gasteiger partial charge in [0.25, 0.3) is 0 Å². The molecule has 1 aromatic carbocycles. The zero-order valence-corrected chi connectivity index (χ0v) is 8.98. The SMILES string of the molecule is COc1cccc(C2CC(CC=O)C2)c1. The third-order valence-corrected chi connectivity index (χ3v) is 3.23. The summed E-state index contributed by atoms with van der Waals surface area (Å²) in [5.74, 6) is 2.16. The van der Waals surface area contributed by atoms with Gasteiger partial charge in [0.15, 0.2) is 0 Å². The van der Waals surface area contributed by atoms with Crippen LogP contribution in [0.5, 0.6) is 5.75 Å². The summed E-state index contributed by atoms with van der Waals surface area (Å²) in [4.78, 5) is 10.3. The lowest BCUT2D eigenvalue weighted by atomic mass is 9.70. The summed E-state index contributed by atoms with van der Waals surface area (Å²) in [7, 11) is 1.69. The summed E-state index contributed by atoms with van der Waals surface area (Å²) in [6, 6.07) is 8.23. The lowest BCUT2D eigenvalue weighted by molar-refractivity contribution is -0.109. The van der Waals surface area contributed by atoms with Crippen molar-refractivity contribution in [2.24, 2.45) is 5.92 Å². The monoisotopic (exact) mass is 204 g/mol. The number of hydrogen-bond acceptors (Lipinski definition) is 2. The smallest absolute Gasteiger partial charge is 0.120 e. The standard InChI is InChI=1S/C13H16O2/c1-15-13-4-2-3-11(9-13)12-7-10(8-12)5-6-14/h2-4,6,9-10,12H,5,7-8H2,1H3. The molecule has 1 fully saturated rings. The second kappa shape index (κ2) is 4.47. The highest BCUT2D eigenvalue weighted by Crippen LogP contribution is 2.43. The number of benzene rings is 1. The van der Waals surface area contributed by atoms with Crippen molar-refractivity contribution in [1.29, 1.82) is 0 Å². The fraction of sp³-hybridized carbons (Fsp3) is 0.462. The number of ether oxygens (including phenoxy) is 1. The van der Waals surface area contributed by atoms with Gasteiger partial charge >= 0.3 is 0 Å². The second-order valence-electron chi connectivity index (χ2n) is 4.21. The molecule has 0 N–H and O–H groups in total. The highest BCUT2D eigenvalue weighted by atomic mass is 16.5. The van der Waals surface area contributed by atoms with Crippen LogP contribution in [0.4, 0.5) is 0 Å². The molecule has 80 valence electrons. The van der Waals surface area contributed by atoms with Crippen LogP contribution in [0.2, 0.25) is 0 Å². The molecule has 0 bridgehead atoms. The number of carbonyl (C=O) groups excluding carboxylic acids is 1. The Morgan fingerprint density at radius 3 is 2.93 bits per heavy atom. The van der Waals surface area contributed by atoms with Crippen LogP contribution in [0.1, 0.15) is 30.7 Å². The Labute approximate surface area is 90.3 Å². The molecule has 0 heterocycles. The molecule has 0 saturated heterocycles. The Kier molecular flexibility index (Phi) is 3.05. The van der Waals surface area contributed by atoms with E-state index in [0.29, 0.717) is 11.8 Å². The first-order valence-corrected chi connectivity index (χ1v) is 5.41. The Morgan fingerprint density at radius 1 is 1.47 bits per heavy atom. The van der Waals surface area contributed by atoms with Gasteiger partial charge in [-0.3, -0.25) is 0 Å². The zero-order valence-electron chi connectivity index (χ0n) is 8.98. The fourth-order valence-electron chi connectivity index (χ4n) is 2.23. The van der Waals surface area contributed by atoms with Gasteiger partial charge in [-0.2, -0.15) is 0 Å². The lowest BCUT2D eigenvalue weighted by Gasteiger charge is -2.34. The van der Waals surface area contributed by atoms with Crippen LogP contribution in [0.15, 0.2) is 24.3 Å². The minimum atomic E-state index is 0.610. The topological polar surface area (TPSA) is 26.3 Å². The maximum Gasteiger partial charge on any atom is 0.120 e. The summed E-state index contributed by atoms with van der Waals surface area (Å²) < 4.78 is 5.19. The van der Waals surface area contributed by atoms with E-state index in [0.717, 1.165) is 31.3 Å². The van der Waals surface area contributed by atoms with Crippen molar-refractivity contribution in [2.75, 3.05) is 7.11 Å². The average molecular weight is 204 g/mol. The molecule has 0 amide bonds. The number of hydrogen-bond donors (Lipinski definition) is 0. The van der Waals surface area contributed by atoms with Crippen molar-refractivity contribution in [2.45, 2.75) is 25.2 Å². The summed E-state index contributed by atoms with van der Waals surface area (Å²) in [5.41, 5.74) is 1.34. The normalized spacial score (nSPS) is 24.3. The molecule has 0 aromatic heterocycles. The van der Waals surface area contributed by atoms with E-state index < -0.39 is 0 Å². The van der Waals surface area contributed by atoms with E-state index in [-0.39, 0.29) is 0 Å². The first-order valence-electron chi connectivity index (χ1n) is 5.41. The van der Waals surface area contributed by atoms with Crippen molar-refractivity contribution >= 4 is 6.29 Å². The van der Waals surface area contributed by atoms with Gasteiger partial charge in [0.1, 0.15) is 12.0 Å². The van der Waals surface area contributed by atoms with Crippen LogP contribution in [0.3, 0.4) is 0 Å². The Balaban J connectivity index is 1.97. The van der Waals surface area contributed by atoms with Crippen LogP contribution >= 0.6 is 0 Å². The minimum Gasteiger partial charge on any atom is -0.497 e. The van der Waals surface area contributed by atoms with E-state index in [1.807, 2.05) is 12.1 Å². The predicted octanol–water partition coefficient (Wildman–Crippen LogP) is 2.78. The lowest BCUT2D eigenvalue weighted by Crippen LogP contribution is -2.22. The molecule has 2 heteroatoms. The predicted molar refractivity (Wildman–Crippen MR) is 59.1 cm³/mol. The van der Waals surface area contributed by atoms with Crippen LogP contribution in [0.25, 0.3) is 0 Å². The van der Waals surface area contributed by atoms with E-state index in [9.17, 15) is 4.79 Å². The van der Waals surface area contributed by atoms with Gasteiger partial charge in [0.2, 0.25) is 0 Å². The molecule has 0 unspecified atom stereocenters. The third kappa shape index (κ3) is 2.20. The molecular weight excluding hydrogens is 188 g/mol. The molecule has 1 saturated carbocycles. The molecule has 2 rings (SSSR count). The quantitative estimate of drug-likeness (QED) is 0.705. The van der Waals surface area contributed by atoms with Gasteiger partial charge in [-0.05, 0) is 42.4 Å². The maximum absolute atomic E-state index is 10.3. The van der Waals surface area contributed by atoms with E-state index in [1.165, 1.54) is 5.56 Å². The summed E-state index contributed by atoms with van der Waals surface area (Å²) in [6.45, 7) is 0. The molecule has 0 radical (unpaired) electrons.